The van der Waals surface area contributed by atoms with Crippen molar-refractivity contribution in [3.05, 3.63) is 24.5 Å². The fraction of sp³-hybridized carbons (Fsp3) is 0.562. The van der Waals surface area contributed by atoms with E-state index >= 15 is 0 Å². The summed E-state index contributed by atoms with van der Waals surface area (Å²) in [5, 5.41) is 5.14. The predicted octanol–water partition coefficient (Wildman–Crippen LogP) is 0.123. The first-order valence-electron chi connectivity index (χ1n) is 8.29. The van der Waals surface area contributed by atoms with Crippen LogP contribution in [-0.4, -0.2) is 55.2 Å². The first-order chi connectivity index (χ1) is 11.8. The van der Waals surface area contributed by atoms with E-state index < -0.39 is 21.8 Å². The minimum absolute atomic E-state index is 0.0980. The maximum absolute atomic E-state index is 12.5. The van der Waals surface area contributed by atoms with Gasteiger partial charge in [0.2, 0.25) is 10.0 Å². The van der Waals surface area contributed by atoms with Gasteiger partial charge in [-0.15, -0.1) is 0 Å². The molecular formula is C16H24N4O4S. The summed E-state index contributed by atoms with van der Waals surface area (Å²) >= 11 is 0. The monoisotopic (exact) mass is 368 g/mol. The highest BCUT2D eigenvalue weighted by Crippen LogP contribution is 2.22. The van der Waals surface area contributed by atoms with E-state index in [1.54, 1.807) is 19.9 Å². The first kappa shape index (κ1) is 19.3. The van der Waals surface area contributed by atoms with Crippen molar-refractivity contribution in [1.29, 1.82) is 0 Å². The van der Waals surface area contributed by atoms with E-state index in [9.17, 15) is 18.0 Å². The lowest BCUT2D eigenvalue weighted by Gasteiger charge is -2.31. The standard InChI is InChI=1S/C16H24N4O4S/c1-12(2)19-16(22)15(21)18-10-13-5-8-20(9-6-13)25(23,24)14-4-3-7-17-11-14/h3-4,7,11-13H,5-6,8-10H2,1-2H3,(H,18,21)(H,19,22). The molecule has 1 aliphatic heterocycles. The van der Waals surface area contributed by atoms with E-state index in [4.69, 9.17) is 0 Å². The fourth-order valence-corrected chi connectivity index (χ4v) is 4.08. The van der Waals surface area contributed by atoms with Crippen molar-refractivity contribution in [2.45, 2.75) is 37.6 Å². The van der Waals surface area contributed by atoms with E-state index in [1.807, 2.05) is 0 Å². The average molecular weight is 368 g/mol. The number of rotatable bonds is 5. The Labute approximate surface area is 148 Å². The summed E-state index contributed by atoms with van der Waals surface area (Å²) in [6, 6.07) is 3.03. The molecule has 1 aromatic rings. The van der Waals surface area contributed by atoms with Gasteiger partial charge in [0.25, 0.3) is 0 Å². The molecule has 1 aromatic heterocycles. The number of hydrogen-bond acceptors (Lipinski definition) is 5. The maximum atomic E-state index is 12.5. The van der Waals surface area contributed by atoms with Crippen LogP contribution in [0.3, 0.4) is 0 Å². The van der Waals surface area contributed by atoms with Crippen LogP contribution in [0.5, 0.6) is 0 Å². The third kappa shape index (κ3) is 5.23. The normalized spacial score (nSPS) is 16.6. The van der Waals surface area contributed by atoms with Crippen LogP contribution in [0.15, 0.2) is 29.4 Å². The van der Waals surface area contributed by atoms with E-state index in [1.165, 1.54) is 22.8 Å². The number of carbonyl (C=O) groups is 2. The molecule has 9 heteroatoms. The van der Waals surface area contributed by atoms with Crippen molar-refractivity contribution < 1.29 is 18.0 Å². The largest absolute Gasteiger partial charge is 0.348 e. The molecule has 1 fully saturated rings. The van der Waals surface area contributed by atoms with Crippen LogP contribution in [0.25, 0.3) is 0 Å². The number of pyridine rings is 1. The summed E-state index contributed by atoms with van der Waals surface area (Å²) in [5.74, 6) is -1.15. The Morgan fingerprint density at radius 2 is 1.96 bits per heavy atom. The molecule has 0 unspecified atom stereocenters. The molecule has 1 aliphatic rings. The molecule has 8 nitrogen and oxygen atoms in total. The second-order valence-corrected chi connectivity index (χ2v) is 8.31. The third-order valence-electron chi connectivity index (χ3n) is 4.02. The minimum atomic E-state index is -3.52. The Morgan fingerprint density at radius 1 is 1.28 bits per heavy atom. The van der Waals surface area contributed by atoms with Crippen LogP contribution >= 0.6 is 0 Å². The van der Waals surface area contributed by atoms with Crippen LogP contribution in [-0.2, 0) is 19.6 Å². The van der Waals surface area contributed by atoms with Gasteiger partial charge in [-0.2, -0.15) is 4.31 Å². The van der Waals surface area contributed by atoms with E-state index in [0.717, 1.165) is 0 Å². The van der Waals surface area contributed by atoms with Crippen LogP contribution < -0.4 is 10.6 Å². The molecule has 0 saturated carbocycles. The Morgan fingerprint density at radius 3 is 2.52 bits per heavy atom. The van der Waals surface area contributed by atoms with Crippen molar-refractivity contribution in [1.82, 2.24) is 19.9 Å². The Hall–Kier alpha value is -2.00. The van der Waals surface area contributed by atoms with Crippen molar-refractivity contribution in [3.63, 3.8) is 0 Å². The van der Waals surface area contributed by atoms with E-state index in [0.29, 0.717) is 32.5 Å². The number of carbonyl (C=O) groups excluding carboxylic acids is 2. The second kappa shape index (κ2) is 8.39. The summed E-state index contributed by atoms with van der Waals surface area (Å²) < 4.78 is 26.5. The lowest BCUT2D eigenvalue weighted by atomic mass is 9.98. The number of piperidine rings is 1. The smallest absolute Gasteiger partial charge is 0.309 e. The van der Waals surface area contributed by atoms with Gasteiger partial charge >= 0.3 is 11.8 Å². The van der Waals surface area contributed by atoms with Crippen LogP contribution in [0.4, 0.5) is 0 Å². The number of aromatic nitrogens is 1. The topological polar surface area (TPSA) is 108 Å². The van der Waals surface area contributed by atoms with Crippen molar-refractivity contribution >= 4 is 21.8 Å². The van der Waals surface area contributed by atoms with Crippen molar-refractivity contribution in [3.8, 4) is 0 Å². The lowest BCUT2D eigenvalue weighted by molar-refractivity contribution is -0.139. The van der Waals surface area contributed by atoms with Gasteiger partial charge in [-0.3, -0.25) is 14.6 Å². The summed E-state index contributed by atoms with van der Waals surface area (Å²) in [5.41, 5.74) is 0. The SMILES string of the molecule is CC(C)NC(=O)C(=O)NCC1CCN(S(=O)(=O)c2cccnc2)CC1. The molecule has 0 spiro atoms. The van der Waals surface area contributed by atoms with Gasteiger partial charge in [-0.1, -0.05) is 0 Å². The number of nitrogens with zero attached hydrogens (tertiary/aromatic N) is 2. The summed E-state index contributed by atoms with van der Waals surface area (Å²) in [6.45, 7) is 4.70. The minimum Gasteiger partial charge on any atom is -0.348 e. The molecule has 0 radical (unpaired) electrons. The van der Waals surface area contributed by atoms with E-state index in [2.05, 4.69) is 15.6 Å². The summed E-state index contributed by atoms with van der Waals surface area (Å²) in [4.78, 5) is 27.3. The quantitative estimate of drug-likeness (QED) is 0.718. The van der Waals surface area contributed by atoms with Gasteiger partial charge in [0.1, 0.15) is 4.90 Å². The van der Waals surface area contributed by atoms with Gasteiger partial charge in [0, 0.05) is 38.1 Å². The molecule has 2 rings (SSSR count). The molecule has 0 aliphatic carbocycles. The highest BCUT2D eigenvalue weighted by Gasteiger charge is 2.29. The lowest BCUT2D eigenvalue weighted by Crippen LogP contribution is -2.46. The summed E-state index contributed by atoms with van der Waals surface area (Å²) in [6.07, 6.45) is 4.13. The maximum Gasteiger partial charge on any atom is 0.309 e. The first-order valence-corrected chi connectivity index (χ1v) is 9.73. The van der Waals surface area contributed by atoms with Gasteiger partial charge in [-0.25, -0.2) is 8.42 Å². The van der Waals surface area contributed by atoms with Crippen LogP contribution in [0, 0.1) is 5.92 Å². The van der Waals surface area contributed by atoms with Crippen molar-refractivity contribution in [2.24, 2.45) is 5.92 Å². The fourth-order valence-electron chi connectivity index (χ4n) is 2.65. The van der Waals surface area contributed by atoms with Gasteiger partial charge in [0.05, 0.1) is 0 Å². The third-order valence-corrected chi connectivity index (χ3v) is 5.91. The molecule has 25 heavy (non-hydrogen) atoms. The molecule has 2 N–H and O–H groups in total. The Kier molecular flexibility index (Phi) is 6.49. The van der Waals surface area contributed by atoms with Crippen molar-refractivity contribution in [2.75, 3.05) is 19.6 Å². The zero-order chi connectivity index (χ0) is 18.4. The predicted molar refractivity (Wildman–Crippen MR) is 92.0 cm³/mol. The molecule has 1 saturated heterocycles. The summed E-state index contributed by atoms with van der Waals surface area (Å²) in [7, 11) is -3.52. The highest BCUT2D eigenvalue weighted by molar-refractivity contribution is 7.89. The van der Waals surface area contributed by atoms with E-state index in [-0.39, 0.29) is 16.9 Å². The molecular weight excluding hydrogens is 344 g/mol. The molecule has 0 bridgehead atoms. The highest BCUT2D eigenvalue weighted by atomic mass is 32.2. The Bertz CT molecular complexity index is 698. The molecule has 138 valence electrons. The zero-order valence-electron chi connectivity index (χ0n) is 14.4. The van der Waals surface area contributed by atoms with Crippen LogP contribution in [0.2, 0.25) is 0 Å². The second-order valence-electron chi connectivity index (χ2n) is 6.37. The zero-order valence-corrected chi connectivity index (χ0v) is 15.3. The molecule has 2 heterocycles. The van der Waals surface area contributed by atoms with Gasteiger partial charge < -0.3 is 10.6 Å². The average Bonchev–Trinajstić information content (AvgIpc) is 2.60. The number of nitrogens with one attached hydrogen (secondary N) is 2. The molecule has 0 atom stereocenters. The number of hydrogen-bond donors (Lipinski definition) is 2. The van der Waals surface area contributed by atoms with Crippen LogP contribution in [0.1, 0.15) is 26.7 Å². The Balaban J connectivity index is 1.82. The number of amides is 2. The molecule has 2 amide bonds. The van der Waals surface area contributed by atoms with Gasteiger partial charge in [-0.05, 0) is 44.7 Å². The van der Waals surface area contributed by atoms with Gasteiger partial charge in [0.15, 0.2) is 0 Å². The molecule has 0 aromatic carbocycles. The number of sulfonamides is 1.